The summed E-state index contributed by atoms with van der Waals surface area (Å²) in [4.78, 5) is 19.5. The number of hydrogen-bond donors (Lipinski definition) is 2. The molecule has 4 rings (SSSR count). The molecule has 2 N–H and O–H groups in total. The average Bonchev–Trinajstić information content (AvgIpc) is 3.04. The van der Waals surface area contributed by atoms with E-state index in [1.165, 1.54) is 4.57 Å². The van der Waals surface area contributed by atoms with Crippen LogP contribution in [0.5, 0.6) is 5.88 Å². The molecule has 0 spiro atoms. The van der Waals surface area contributed by atoms with Crippen LogP contribution in [0.25, 0.3) is 17.3 Å². The van der Waals surface area contributed by atoms with Crippen LogP contribution in [0, 0.1) is 0 Å². The first kappa shape index (κ1) is 15.5. The Kier molecular flexibility index (Phi) is 3.58. The van der Waals surface area contributed by atoms with Gasteiger partial charge in [-0.3, -0.25) is 4.99 Å². The molecule has 6 heteroatoms. The molecule has 0 fully saturated rings. The van der Waals surface area contributed by atoms with E-state index in [2.05, 4.69) is 9.98 Å². The van der Waals surface area contributed by atoms with Crippen LogP contribution in [0.4, 0.5) is 5.69 Å². The van der Waals surface area contributed by atoms with Gasteiger partial charge in [0.15, 0.2) is 0 Å². The van der Waals surface area contributed by atoms with Gasteiger partial charge in [0.1, 0.15) is 5.69 Å². The van der Waals surface area contributed by atoms with Gasteiger partial charge in [0.2, 0.25) is 5.88 Å². The molecule has 0 saturated heterocycles. The van der Waals surface area contributed by atoms with Gasteiger partial charge in [0.05, 0.1) is 11.4 Å². The minimum Gasteiger partial charge on any atom is -0.493 e. The van der Waals surface area contributed by atoms with Crippen molar-refractivity contribution in [1.82, 2.24) is 9.55 Å². The maximum absolute atomic E-state index is 12.3. The normalized spacial score (nSPS) is 14.6. The molecular formula is C19H14ClN3O2. The second-order valence-corrected chi connectivity index (χ2v) is 6.19. The molecule has 0 amide bonds. The summed E-state index contributed by atoms with van der Waals surface area (Å²) in [6, 6.07) is 14.5. The van der Waals surface area contributed by atoms with E-state index >= 15 is 0 Å². The van der Waals surface area contributed by atoms with E-state index < -0.39 is 5.69 Å². The first-order chi connectivity index (χ1) is 12.0. The second-order valence-electron chi connectivity index (χ2n) is 5.76. The molecule has 0 aliphatic carbocycles. The number of nitrogens with one attached hydrogen (secondary N) is 1. The average molecular weight is 352 g/mol. The lowest BCUT2D eigenvalue weighted by atomic mass is 10.0. The van der Waals surface area contributed by atoms with Crippen molar-refractivity contribution in [1.29, 1.82) is 0 Å². The zero-order valence-electron chi connectivity index (χ0n) is 13.3. The van der Waals surface area contributed by atoms with Crippen molar-refractivity contribution in [3.8, 4) is 11.6 Å². The predicted octanol–water partition coefficient (Wildman–Crippen LogP) is 4.17. The summed E-state index contributed by atoms with van der Waals surface area (Å²) >= 11 is 5.98. The number of aromatic amines is 1. The third-order valence-corrected chi connectivity index (χ3v) is 4.36. The van der Waals surface area contributed by atoms with Crippen molar-refractivity contribution in [3.05, 3.63) is 75.3 Å². The van der Waals surface area contributed by atoms with Crippen molar-refractivity contribution in [3.63, 3.8) is 0 Å². The van der Waals surface area contributed by atoms with Gasteiger partial charge in [-0.05, 0) is 37.3 Å². The largest absolute Gasteiger partial charge is 0.493 e. The molecule has 124 valence electrons. The fraction of sp³-hybridized carbons (Fsp3) is 0.0526. The Bertz CT molecular complexity index is 1110. The number of aromatic nitrogens is 2. The van der Waals surface area contributed by atoms with Crippen molar-refractivity contribution in [2.24, 2.45) is 4.99 Å². The van der Waals surface area contributed by atoms with E-state index in [-0.39, 0.29) is 5.88 Å². The van der Waals surface area contributed by atoms with Gasteiger partial charge in [-0.2, -0.15) is 0 Å². The molecule has 2 aromatic carbocycles. The number of imidazole rings is 1. The molecule has 0 saturated carbocycles. The molecule has 1 aromatic heterocycles. The number of allylic oxidation sites excluding steroid dienone is 1. The molecule has 0 bridgehead atoms. The highest BCUT2D eigenvalue weighted by Crippen LogP contribution is 2.36. The van der Waals surface area contributed by atoms with Gasteiger partial charge < -0.3 is 10.1 Å². The van der Waals surface area contributed by atoms with Crippen LogP contribution in [-0.4, -0.2) is 20.4 Å². The number of fused-ring (bicyclic) bond motifs is 1. The monoisotopic (exact) mass is 351 g/mol. The molecular weight excluding hydrogens is 338 g/mol. The van der Waals surface area contributed by atoms with Crippen LogP contribution in [0.15, 0.2) is 58.3 Å². The number of halogens is 1. The molecule has 1 aliphatic rings. The van der Waals surface area contributed by atoms with Gasteiger partial charge in [-0.1, -0.05) is 35.9 Å². The summed E-state index contributed by atoms with van der Waals surface area (Å²) in [5, 5.41) is 11.0. The third-order valence-electron chi connectivity index (χ3n) is 4.12. The van der Waals surface area contributed by atoms with Gasteiger partial charge >= 0.3 is 5.69 Å². The van der Waals surface area contributed by atoms with Crippen LogP contribution in [0.2, 0.25) is 5.02 Å². The molecule has 5 nitrogen and oxygen atoms in total. The van der Waals surface area contributed by atoms with Crippen LogP contribution in [0.3, 0.4) is 0 Å². The Balaban J connectivity index is 1.85. The zero-order valence-corrected chi connectivity index (χ0v) is 14.1. The summed E-state index contributed by atoms with van der Waals surface area (Å²) in [7, 11) is 0. The van der Waals surface area contributed by atoms with Gasteiger partial charge in [0, 0.05) is 21.9 Å². The Morgan fingerprint density at radius 3 is 2.80 bits per heavy atom. The highest BCUT2D eigenvalue weighted by molar-refractivity contribution is 6.31. The number of rotatable bonds is 2. The molecule has 0 radical (unpaired) electrons. The summed E-state index contributed by atoms with van der Waals surface area (Å²) in [6.45, 7) is 1.90. The van der Waals surface area contributed by atoms with Crippen molar-refractivity contribution >= 4 is 34.6 Å². The second kappa shape index (κ2) is 5.79. The lowest BCUT2D eigenvalue weighted by Crippen LogP contribution is -2.14. The number of benzene rings is 2. The Labute approximate surface area is 148 Å². The maximum atomic E-state index is 12.3. The SMILES string of the molecule is CC1=Nc2ccccc2C1=Cc1[nH]c(=O)n(-c2cccc(Cl)c2)c1O. The molecule has 2 heterocycles. The third kappa shape index (κ3) is 2.58. The topological polar surface area (TPSA) is 70.4 Å². The van der Waals surface area contributed by atoms with Gasteiger partial charge in [-0.15, -0.1) is 0 Å². The lowest BCUT2D eigenvalue weighted by Gasteiger charge is -2.04. The van der Waals surface area contributed by atoms with E-state index in [9.17, 15) is 9.90 Å². The quantitative estimate of drug-likeness (QED) is 0.727. The van der Waals surface area contributed by atoms with Gasteiger partial charge in [-0.25, -0.2) is 9.36 Å². The zero-order chi connectivity index (χ0) is 17.6. The van der Waals surface area contributed by atoms with Gasteiger partial charge in [0.25, 0.3) is 0 Å². The van der Waals surface area contributed by atoms with E-state index in [0.29, 0.717) is 16.4 Å². The maximum Gasteiger partial charge on any atom is 0.333 e. The molecule has 3 aromatic rings. The first-order valence-corrected chi connectivity index (χ1v) is 8.09. The fourth-order valence-corrected chi connectivity index (χ4v) is 3.14. The van der Waals surface area contributed by atoms with E-state index in [0.717, 1.165) is 22.5 Å². The Morgan fingerprint density at radius 2 is 2.00 bits per heavy atom. The number of nitrogens with zero attached hydrogens (tertiary/aromatic N) is 2. The minimum atomic E-state index is -0.438. The standard InChI is InChI=1S/C19H14ClN3O2/c1-11-15(14-7-2-3-8-16(14)21-11)10-17-18(24)23(19(25)22-17)13-6-4-5-12(20)9-13/h2-10,24H,1H3,(H,22,25). The highest BCUT2D eigenvalue weighted by atomic mass is 35.5. The van der Waals surface area contributed by atoms with Crippen molar-refractivity contribution in [2.45, 2.75) is 6.92 Å². The van der Waals surface area contributed by atoms with Crippen LogP contribution in [-0.2, 0) is 0 Å². The molecule has 0 atom stereocenters. The van der Waals surface area contributed by atoms with Crippen LogP contribution in [0.1, 0.15) is 18.2 Å². The summed E-state index contributed by atoms with van der Waals surface area (Å²) in [6.07, 6.45) is 1.74. The van der Waals surface area contributed by atoms with E-state index in [4.69, 9.17) is 11.6 Å². The first-order valence-electron chi connectivity index (χ1n) is 7.71. The van der Waals surface area contributed by atoms with Crippen LogP contribution < -0.4 is 5.69 Å². The Hall–Kier alpha value is -3.05. The number of hydrogen-bond acceptors (Lipinski definition) is 3. The molecule has 1 aliphatic heterocycles. The van der Waals surface area contributed by atoms with E-state index in [1.54, 1.807) is 30.3 Å². The number of H-pyrrole nitrogens is 1. The van der Waals surface area contributed by atoms with Crippen molar-refractivity contribution in [2.75, 3.05) is 0 Å². The number of aliphatic imine (C=N–C) groups is 1. The fourth-order valence-electron chi connectivity index (χ4n) is 2.96. The predicted molar refractivity (Wildman–Crippen MR) is 100 cm³/mol. The Morgan fingerprint density at radius 1 is 1.20 bits per heavy atom. The number of aromatic hydroxyl groups is 1. The molecule has 25 heavy (non-hydrogen) atoms. The number of para-hydroxylation sites is 1. The lowest BCUT2D eigenvalue weighted by molar-refractivity contribution is 0.440. The van der Waals surface area contributed by atoms with Crippen LogP contribution >= 0.6 is 11.6 Å². The highest BCUT2D eigenvalue weighted by Gasteiger charge is 2.20. The molecule has 0 unspecified atom stereocenters. The summed E-state index contributed by atoms with van der Waals surface area (Å²) in [5.74, 6) is -0.169. The summed E-state index contributed by atoms with van der Waals surface area (Å²) in [5.41, 5.74) is 3.92. The smallest absolute Gasteiger partial charge is 0.333 e. The van der Waals surface area contributed by atoms with E-state index in [1.807, 2.05) is 31.2 Å². The minimum absolute atomic E-state index is 0.169. The summed E-state index contributed by atoms with van der Waals surface area (Å²) < 4.78 is 1.19. The van der Waals surface area contributed by atoms with Crippen molar-refractivity contribution < 1.29 is 5.11 Å².